The van der Waals surface area contributed by atoms with E-state index in [-0.39, 0.29) is 17.9 Å². The molecule has 0 radical (unpaired) electrons. The molecule has 172 valence electrons. The van der Waals surface area contributed by atoms with Crippen molar-refractivity contribution in [1.82, 2.24) is 5.32 Å². The highest BCUT2D eigenvalue weighted by atomic mass is 32.1. The van der Waals surface area contributed by atoms with Gasteiger partial charge in [-0.2, -0.15) is 0 Å². The number of rotatable bonds is 8. The molecule has 1 aliphatic carbocycles. The quantitative estimate of drug-likeness (QED) is 0.627. The van der Waals surface area contributed by atoms with Crippen LogP contribution in [0.4, 0.5) is 5.00 Å². The average molecular weight is 461 g/mol. The summed E-state index contributed by atoms with van der Waals surface area (Å²) < 4.78 is 21.6. The van der Waals surface area contributed by atoms with Crippen molar-refractivity contribution >= 4 is 28.2 Å². The first kappa shape index (κ1) is 22.4. The third-order valence-electron chi connectivity index (χ3n) is 5.82. The molecule has 1 saturated heterocycles. The summed E-state index contributed by atoms with van der Waals surface area (Å²) in [6, 6.07) is 3.18. The van der Waals surface area contributed by atoms with Crippen LogP contribution in [0.2, 0.25) is 0 Å². The smallest absolute Gasteiger partial charge is 0.256 e. The standard InChI is InChI=1S/C23H28N2O6S/c1-28-16-10-13(11-17(29-2)20(16)30-3)21(26)25-23-19(15-7-4-8-18(15)32-23)22(27)24-12-14-6-5-9-31-14/h10-11,14H,4-9,12H2,1-3H3,(H,24,27)(H,25,26). The highest BCUT2D eigenvalue weighted by molar-refractivity contribution is 7.17. The second kappa shape index (κ2) is 9.79. The van der Waals surface area contributed by atoms with E-state index in [2.05, 4.69) is 10.6 Å². The lowest BCUT2D eigenvalue weighted by atomic mass is 10.1. The fourth-order valence-electron chi connectivity index (χ4n) is 4.22. The van der Waals surface area contributed by atoms with Gasteiger partial charge in [-0.25, -0.2) is 0 Å². The zero-order chi connectivity index (χ0) is 22.7. The van der Waals surface area contributed by atoms with Gasteiger partial charge in [-0.05, 0) is 49.8 Å². The van der Waals surface area contributed by atoms with Gasteiger partial charge in [0.25, 0.3) is 11.8 Å². The molecule has 1 aromatic heterocycles. The Morgan fingerprint density at radius 2 is 1.81 bits per heavy atom. The molecule has 1 fully saturated rings. The van der Waals surface area contributed by atoms with Crippen molar-refractivity contribution < 1.29 is 28.5 Å². The van der Waals surface area contributed by atoms with Crippen LogP contribution in [0.25, 0.3) is 0 Å². The Morgan fingerprint density at radius 3 is 2.44 bits per heavy atom. The fourth-order valence-corrected chi connectivity index (χ4v) is 5.50. The first-order valence-electron chi connectivity index (χ1n) is 10.7. The predicted molar refractivity (Wildman–Crippen MR) is 122 cm³/mol. The summed E-state index contributed by atoms with van der Waals surface area (Å²) >= 11 is 1.47. The number of anilines is 1. The monoisotopic (exact) mass is 460 g/mol. The lowest BCUT2D eigenvalue weighted by Crippen LogP contribution is -2.32. The van der Waals surface area contributed by atoms with Gasteiger partial charge in [0.15, 0.2) is 11.5 Å². The third-order valence-corrected chi connectivity index (χ3v) is 7.02. The average Bonchev–Trinajstić information content (AvgIpc) is 3.54. The van der Waals surface area contributed by atoms with Crippen LogP contribution in [0.1, 0.15) is 50.4 Å². The first-order chi connectivity index (χ1) is 15.5. The number of hydrogen-bond donors (Lipinski definition) is 2. The number of fused-ring (bicyclic) bond motifs is 1. The summed E-state index contributed by atoms with van der Waals surface area (Å²) in [4.78, 5) is 27.3. The van der Waals surface area contributed by atoms with Crippen LogP contribution in [0.15, 0.2) is 12.1 Å². The maximum atomic E-state index is 13.1. The molecule has 2 aromatic rings. The van der Waals surface area contributed by atoms with Crippen molar-refractivity contribution in [2.45, 2.75) is 38.2 Å². The minimum Gasteiger partial charge on any atom is -0.493 e. The molecule has 4 rings (SSSR count). The number of carbonyl (C=O) groups excluding carboxylic acids is 2. The van der Waals surface area contributed by atoms with Gasteiger partial charge in [0, 0.05) is 23.6 Å². The fraction of sp³-hybridized carbons (Fsp3) is 0.478. The number of hydrogen-bond acceptors (Lipinski definition) is 7. The molecule has 0 spiro atoms. The lowest BCUT2D eigenvalue weighted by Gasteiger charge is -2.15. The van der Waals surface area contributed by atoms with Crippen LogP contribution in [-0.2, 0) is 17.6 Å². The van der Waals surface area contributed by atoms with Gasteiger partial charge >= 0.3 is 0 Å². The van der Waals surface area contributed by atoms with Crippen molar-refractivity contribution in [3.8, 4) is 17.2 Å². The molecule has 0 saturated carbocycles. The van der Waals surface area contributed by atoms with Crippen molar-refractivity contribution in [2.24, 2.45) is 0 Å². The number of amides is 2. The molecule has 1 aromatic carbocycles. The van der Waals surface area contributed by atoms with Gasteiger partial charge in [0.05, 0.1) is 33.0 Å². The maximum absolute atomic E-state index is 13.1. The minimum absolute atomic E-state index is 0.0582. The topological polar surface area (TPSA) is 95.1 Å². The third kappa shape index (κ3) is 4.40. The van der Waals surface area contributed by atoms with Crippen molar-refractivity contribution in [3.63, 3.8) is 0 Å². The number of nitrogens with one attached hydrogen (secondary N) is 2. The van der Waals surface area contributed by atoms with E-state index in [1.807, 2.05) is 0 Å². The zero-order valence-corrected chi connectivity index (χ0v) is 19.4. The Morgan fingerprint density at radius 1 is 1.06 bits per heavy atom. The van der Waals surface area contributed by atoms with E-state index in [9.17, 15) is 9.59 Å². The second-order valence-electron chi connectivity index (χ2n) is 7.77. The molecule has 1 atom stereocenters. The first-order valence-corrected chi connectivity index (χ1v) is 11.5. The summed E-state index contributed by atoms with van der Waals surface area (Å²) in [5, 5.41) is 6.51. The molecule has 8 nitrogen and oxygen atoms in total. The molecule has 1 aliphatic heterocycles. The number of methoxy groups -OCH3 is 3. The summed E-state index contributed by atoms with van der Waals surface area (Å²) in [6.45, 7) is 1.22. The van der Waals surface area contributed by atoms with Crippen LogP contribution in [0.5, 0.6) is 17.2 Å². The number of ether oxygens (including phenoxy) is 4. The number of carbonyl (C=O) groups is 2. The summed E-state index contributed by atoms with van der Waals surface area (Å²) in [7, 11) is 4.51. The van der Waals surface area contributed by atoms with E-state index < -0.39 is 0 Å². The Labute approximate surface area is 191 Å². The highest BCUT2D eigenvalue weighted by Gasteiger charge is 2.29. The van der Waals surface area contributed by atoms with E-state index in [1.165, 1.54) is 32.7 Å². The summed E-state index contributed by atoms with van der Waals surface area (Å²) in [5.74, 6) is 0.675. The molecular formula is C23H28N2O6S. The maximum Gasteiger partial charge on any atom is 0.256 e. The van der Waals surface area contributed by atoms with Gasteiger partial charge in [-0.1, -0.05) is 0 Å². The molecule has 2 amide bonds. The van der Waals surface area contributed by atoms with E-state index in [0.29, 0.717) is 39.9 Å². The molecular weight excluding hydrogens is 432 g/mol. The second-order valence-corrected chi connectivity index (χ2v) is 8.88. The molecule has 32 heavy (non-hydrogen) atoms. The normalized spacial score (nSPS) is 17.0. The molecule has 2 aliphatic rings. The highest BCUT2D eigenvalue weighted by Crippen LogP contribution is 2.41. The number of benzene rings is 1. The Balaban J connectivity index is 1.58. The van der Waals surface area contributed by atoms with Gasteiger partial charge in [-0.3, -0.25) is 9.59 Å². The zero-order valence-electron chi connectivity index (χ0n) is 18.5. The van der Waals surface area contributed by atoms with E-state index in [4.69, 9.17) is 18.9 Å². The van der Waals surface area contributed by atoms with Gasteiger partial charge in [0.1, 0.15) is 5.00 Å². The Bertz CT molecular complexity index is 987. The molecule has 1 unspecified atom stereocenters. The molecule has 0 bridgehead atoms. The van der Waals surface area contributed by atoms with Crippen molar-refractivity contribution in [2.75, 3.05) is 39.8 Å². The van der Waals surface area contributed by atoms with Gasteiger partial charge < -0.3 is 29.6 Å². The van der Waals surface area contributed by atoms with Crippen LogP contribution in [-0.4, -0.2) is 52.4 Å². The summed E-state index contributed by atoms with van der Waals surface area (Å²) in [6.07, 6.45) is 4.81. The van der Waals surface area contributed by atoms with Crippen molar-refractivity contribution in [3.05, 3.63) is 33.7 Å². The van der Waals surface area contributed by atoms with Crippen LogP contribution in [0.3, 0.4) is 0 Å². The van der Waals surface area contributed by atoms with Crippen LogP contribution >= 0.6 is 11.3 Å². The SMILES string of the molecule is COc1cc(C(=O)Nc2sc3c(c2C(=O)NCC2CCCO2)CCC3)cc(OC)c1OC. The van der Waals surface area contributed by atoms with Gasteiger partial charge in [-0.15, -0.1) is 11.3 Å². The van der Waals surface area contributed by atoms with Crippen molar-refractivity contribution in [1.29, 1.82) is 0 Å². The van der Waals surface area contributed by atoms with Crippen LogP contribution in [0, 0.1) is 0 Å². The predicted octanol–water partition coefficient (Wildman–Crippen LogP) is 3.42. The molecule has 9 heteroatoms. The number of thiophene rings is 1. The molecule has 2 N–H and O–H groups in total. The van der Waals surface area contributed by atoms with Gasteiger partial charge in [0.2, 0.25) is 5.75 Å². The molecule has 2 heterocycles. The Hall–Kier alpha value is -2.78. The van der Waals surface area contributed by atoms with E-state index in [1.54, 1.807) is 12.1 Å². The largest absolute Gasteiger partial charge is 0.493 e. The minimum atomic E-state index is -0.350. The van der Waals surface area contributed by atoms with Crippen LogP contribution < -0.4 is 24.8 Å². The Kier molecular flexibility index (Phi) is 6.86. The lowest BCUT2D eigenvalue weighted by molar-refractivity contribution is 0.0858. The van der Waals surface area contributed by atoms with E-state index >= 15 is 0 Å². The summed E-state index contributed by atoms with van der Waals surface area (Å²) in [5.41, 5.74) is 1.96. The van der Waals surface area contributed by atoms with E-state index in [0.717, 1.165) is 49.2 Å². The number of aryl methyl sites for hydroxylation is 1.